The van der Waals surface area contributed by atoms with Crippen LogP contribution in [0.4, 0.5) is 17.8 Å². The predicted molar refractivity (Wildman–Crippen MR) is 86.1 cm³/mol. The number of piperidine rings is 2. The lowest BCUT2D eigenvalue weighted by Crippen LogP contribution is -2.39. The Hall–Kier alpha value is -1.59. The van der Waals surface area contributed by atoms with Gasteiger partial charge in [-0.15, -0.1) is 0 Å². The van der Waals surface area contributed by atoms with Gasteiger partial charge >= 0.3 is 0 Å². The van der Waals surface area contributed by atoms with Gasteiger partial charge < -0.3 is 15.1 Å². The molecule has 2 aliphatic heterocycles. The molecule has 0 aliphatic carbocycles. The molecule has 1 atom stereocenters. The van der Waals surface area contributed by atoms with Crippen molar-refractivity contribution in [1.82, 2.24) is 15.0 Å². The number of nitrogens with zero attached hydrogens (tertiary/aromatic N) is 5. The molecule has 0 amide bonds. The lowest BCUT2D eigenvalue weighted by molar-refractivity contribution is 0.476. The van der Waals surface area contributed by atoms with Gasteiger partial charge in [-0.1, -0.05) is 0 Å². The van der Waals surface area contributed by atoms with Crippen LogP contribution in [0.25, 0.3) is 0 Å². The third-order valence-electron chi connectivity index (χ3n) is 4.53. The quantitative estimate of drug-likeness (QED) is 0.921. The van der Waals surface area contributed by atoms with Gasteiger partial charge in [0.2, 0.25) is 17.8 Å². The summed E-state index contributed by atoms with van der Waals surface area (Å²) in [6.07, 6.45) is 7.53. The van der Waals surface area contributed by atoms with E-state index in [2.05, 4.69) is 32.0 Å². The minimum Gasteiger partial charge on any atom is -0.357 e. The molecule has 3 heterocycles. The highest BCUT2D eigenvalue weighted by molar-refractivity contribution is 5.46. The van der Waals surface area contributed by atoms with Crippen molar-refractivity contribution in [1.29, 1.82) is 0 Å². The van der Waals surface area contributed by atoms with Crippen LogP contribution in [0.1, 0.15) is 45.4 Å². The van der Waals surface area contributed by atoms with E-state index in [1.165, 1.54) is 38.5 Å². The minimum absolute atomic E-state index is 0.514. The van der Waals surface area contributed by atoms with E-state index in [9.17, 15) is 0 Å². The average Bonchev–Trinajstić information content (AvgIpc) is 2.55. The number of hydrogen-bond acceptors (Lipinski definition) is 6. The highest BCUT2D eigenvalue weighted by Gasteiger charge is 2.23. The Balaban J connectivity index is 1.88. The zero-order valence-corrected chi connectivity index (χ0v) is 13.2. The van der Waals surface area contributed by atoms with Crippen molar-refractivity contribution >= 4 is 17.8 Å². The lowest BCUT2D eigenvalue weighted by Gasteiger charge is -2.34. The SMILES string of the molecule is CNc1nc(N2CCCCC2)nc(N2CCCCC2C)n1. The Morgan fingerprint density at radius 2 is 1.62 bits per heavy atom. The van der Waals surface area contributed by atoms with E-state index in [4.69, 9.17) is 4.98 Å². The number of rotatable bonds is 3. The molecule has 1 aromatic heterocycles. The molecule has 2 fully saturated rings. The molecule has 2 saturated heterocycles. The highest BCUT2D eigenvalue weighted by Crippen LogP contribution is 2.25. The lowest BCUT2D eigenvalue weighted by atomic mass is 10.0. The molecule has 21 heavy (non-hydrogen) atoms. The average molecular weight is 290 g/mol. The molecular formula is C15H26N6. The van der Waals surface area contributed by atoms with Gasteiger partial charge in [0.05, 0.1) is 0 Å². The Bertz CT molecular complexity index is 471. The van der Waals surface area contributed by atoms with Gasteiger partial charge in [-0.3, -0.25) is 0 Å². The molecular weight excluding hydrogens is 264 g/mol. The third-order valence-corrected chi connectivity index (χ3v) is 4.53. The van der Waals surface area contributed by atoms with Crippen LogP contribution < -0.4 is 15.1 Å². The molecule has 0 spiro atoms. The highest BCUT2D eigenvalue weighted by atomic mass is 15.4. The van der Waals surface area contributed by atoms with E-state index in [1.54, 1.807) is 0 Å². The van der Waals surface area contributed by atoms with Gasteiger partial charge in [-0.2, -0.15) is 15.0 Å². The Kier molecular flexibility index (Phi) is 4.41. The topological polar surface area (TPSA) is 57.2 Å². The largest absolute Gasteiger partial charge is 0.357 e. The number of hydrogen-bond donors (Lipinski definition) is 1. The molecule has 3 rings (SSSR count). The minimum atomic E-state index is 0.514. The van der Waals surface area contributed by atoms with Crippen molar-refractivity contribution in [2.45, 2.75) is 51.5 Å². The molecule has 1 aromatic rings. The van der Waals surface area contributed by atoms with Crippen LogP contribution in [0.2, 0.25) is 0 Å². The summed E-state index contributed by atoms with van der Waals surface area (Å²) in [6, 6.07) is 0.514. The summed E-state index contributed by atoms with van der Waals surface area (Å²) in [5.41, 5.74) is 0. The molecule has 0 saturated carbocycles. The molecule has 1 N–H and O–H groups in total. The predicted octanol–water partition coefficient (Wildman–Crippen LogP) is 2.28. The second kappa shape index (κ2) is 6.45. The first-order valence-electron chi connectivity index (χ1n) is 8.23. The fraction of sp³-hybridized carbons (Fsp3) is 0.800. The van der Waals surface area contributed by atoms with E-state index in [1.807, 2.05) is 7.05 Å². The molecule has 6 nitrogen and oxygen atoms in total. The maximum Gasteiger partial charge on any atom is 0.232 e. The number of aromatic nitrogens is 3. The van der Waals surface area contributed by atoms with E-state index in [0.717, 1.165) is 31.5 Å². The van der Waals surface area contributed by atoms with Gasteiger partial charge in [0, 0.05) is 32.7 Å². The summed E-state index contributed by atoms with van der Waals surface area (Å²) in [7, 11) is 1.87. The molecule has 0 aromatic carbocycles. The smallest absolute Gasteiger partial charge is 0.232 e. The van der Waals surface area contributed by atoms with Crippen molar-refractivity contribution in [3.8, 4) is 0 Å². The fourth-order valence-electron chi connectivity index (χ4n) is 3.22. The zero-order valence-electron chi connectivity index (χ0n) is 13.2. The maximum atomic E-state index is 4.77. The van der Waals surface area contributed by atoms with E-state index < -0.39 is 0 Å². The van der Waals surface area contributed by atoms with Crippen LogP contribution in [0.15, 0.2) is 0 Å². The molecule has 6 heteroatoms. The van der Waals surface area contributed by atoms with Crippen LogP contribution in [-0.4, -0.2) is 47.7 Å². The van der Waals surface area contributed by atoms with Crippen molar-refractivity contribution in [2.75, 3.05) is 41.8 Å². The summed E-state index contributed by atoms with van der Waals surface area (Å²) in [4.78, 5) is 18.5. The first-order chi connectivity index (χ1) is 10.3. The van der Waals surface area contributed by atoms with Crippen molar-refractivity contribution in [3.05, 3.63) is 0 Å². The van der Waals surface area contributed by atoms with Crippen LogP contribution in [0, 0.1) is 0 Å². The van der Waals surface area contributed by atoms with E-state index in [-0.39, 0.29) is 0 Å². The van der Waals surface area contributed by atoms with Crippen LogP contribution >= 0.6 is 0 Å². The van der Waals surface area contributed by atoms with Crippen molar-refractivity contribution in [3.63, 3.8) is 0 Å². The van der Waals surface area contributed by atoms with Gasteiger partial charge in [-0.05, 0) is 45.4 Å². The molecule has 0 radical (unpaired) electrons. The van der Waals surface area contributed by atoms with Crippen LogP contribution in [0.3, 0.4) is 0 Å². The summed E-state index contributed by atoms with van der Waals surface area (Å²) in [6.45, 7) is 5.43. The molecule has 1 unspecified atom stereocenters. The number of nitrogens with one attached hydrogen (secondary N) is 1. The van der Waals surface area contributed by atoms with Gasteiger partial charge in [0.25, 0.3) is 0 Å². The van der Waals surface area contributed by atoms with E-state index >= 15 is 0 Å². The summed E-state index contributed by atoms with van der Waals surface area (Å²) < 4.78 is 0. The summed E-state index contributed by atoms with van der Waals surface area (Å²) >= 11 is 0. The Morgan fingerprint density at radius 1 is 0.905 bits per heavy atom. The monoisotopic (exact) mass is 290 g/mol. The number of anilines is 3. The maximum absolute atomic E-state index is 4.77. The van der Waals surface area contributed by atoms with Gasteiger partial charge in [0.15, 0.2) is 0 Å². The standard InChI is InChI=1S/C15H26N6/c1-12-8-4-7-11-21(12)15-18-13(16-2)17-14(19-15)20-9-5-3-6-10-20/h12H,3-11H2,1-2H3,(H,16,17,18,19). The molecule has 2 aliphatic rings. The second-order valence-electron chi connectivity index (χ2n) is 6.09. The molecule has 0 bridgehead atoms. The first kappa shape index (κ1) is 14.4. The summed E-state index contributed by atoms with van der Waals surface area (Å²) in [5.74, 6) is 2.35. The Morgan fingerprint density at radius 3 is 2.33 bits per heavy atom. The fourth-order valence-corrected chi connectivity index (χ4v) is 3.22. The second-order valence-corrected chi connectivity index (χ2v) is 6.09. The van der Waals surface area contributed by atoms with Crippen molar-refractivity contribution < 1.29 is 0 Å². The van der Waals surface area contributed by atoms with Gasteiger partial charge in [0.1, 0.15) is 0 Å². The first-order valence-corrected chi connectivity index (χ1v) is 8.23. The van der Waals surface area contributed by atoms with Gasteiger partial charge in [-0.25, -0.2) is 0 Å². The Labute approximate surface area is 127 Å². The normalized spacial score (nSPS) is 23.2. The molecule has 116 valence electrons. The van der Waals surface area contributed by atoms with E-state index in [0.29, 0.717) is 12.0 Å². The van der Waals surface area contributed by atoms with Crippen LogP contribution in [0.5, 0.6) is 0 Å². The van der Waals surface area contributed by atoms with Crippen LogP contribution in [-0.2, 0) is 0 Å². The summed E-state index contributed by atoms with van der Waals surface area (Å²) in [5, 5.41) is 3.09. The third kappa shape index (κ3) is 3.19. The van der Waals surface area contributed by atoms with Crippen molar-refractivity contribution in [2.24, 2.45) is 0 Å². The zero-order chi connectivity index (χ0) is 14.7.